The standard InChI is InChI=1S/C27H29N5O/c1-33-19-18-31-14-16-32(17-15-31)24-12-10-23(11-13-24)29-27-28-20-22-8-5-9-25(26(22)30-27)21-6-3-2-4-7-21/h2-13,20H,14-19H2,1H3,(H,28,29,30). The van der Waals surface area contributed by atoms with Crippen LogP contribution in [0.5, 0.6) is 0 Å². The van der Waals surface area contributed by atoms with Crippen molar-refractivity contribution in [3.63, 3.8) is 0 Å². The summed E-state index contributed by atoms with van der Waals surface area (Å²) >= 11 is 0. The Balaban J connectivity index is 1.29. The van der Waals surface area contributed by atoms with E-state index in [-0.39, 0.29) is 0 Å². The zero-order chi connectivity index (χ0) is 22.5. The fourth-order valence-corrected chi connectivity index (χ4v) is 4.30. The Morgan fingerprint density at radius 2 is 1.67 bits per heavy atom. The molecular formula is C27H29N5O. The van der Waals surface area contributed by atoms with E-state index in [0.29, 0.717) is 5.95 Å². The lowest BCUT2D eigenvalue weighted by molar-refractivity contribution is 0.144. The van der Waals surface area contributed by atoms with Crippen molar-refractivity contribution in [1.29, 1.82) is 0 Å². The Kier molecular flexibility index (Phi) is 6.46. The van der Waals surface area contributed by atoms with Gasteiger partial charge in [-0.1, -0.05) is 48.5 Å². The molecule has 1 aromatic heterocycles. The van der Waals surface area contributed by atoms with E-state index >= 15 is 0 Å². The van der Waals surface area contributed by atoms with Gasteiger partial charge in [-0.3, -0.25) is 4.90 Å². The van der Waals surface area contributed by atoms with E-state index < -0.39 is 0 Å². The smallest absolute Gasteiger partial charge is 0.227 e. The number of anilines is 3. The van der Waals surface area contributed by atoms with E-state index in [0.717, 1.165) is 67.0 Å². The maximum Gasteiger partial charge on any atom is 0.227 e. The third-order valence-corrected chi connectivity index (χ3v) is 6.17. The fraction of sp³-hybridized carbons (Fsp3) is 0.259. The quantitative estimate of drug-likeness (QED) is 0.446. The van der Waals surface area contributed by atoms with E-state index in [1.165, 1.54) is 5.69 Å². The van der Waals surface area contributed by atoms with Crippen LogP contribution in [0.4, 0.5) is 17.3 Å². The highest BCUT2D eigenvalue weighted by Gasteiger charge is 2.16. The average Bonchev–Trinajstić information content (AvgIpc) is 2.88. The molecule has 3 aromatic carbocycles. The van der Waals surface area contributed by atoms with Crippen LogP contribution in [-0.4, -0.2) is 61.3 Å². The van der Waals surface area contributed by atoms with E-state index in [4.69, 9.17) is 9.72 Å². The van der Waals surface area contributed by atoms with Gasteiger partial charge in [0.2, 0.25) is 5.95 Å². The lowest BCUT2D eigenvalue weighted by Gasteiger charge is -2.36. The van der Waals surface area contributed by atoms with Crippen LogP contribution in [0, 0.1) is 0 Å². The van der Waals surface area contributed by atoms with E-state index in [9.17, 15) is 0 Å². The summed E-state index contributed by atoms with van der Waals surface area (Å²) in [6.07, 6.45) is 1.88. The van der Waals surface area contributed by atoms with Crippen LogP contribution in [0.2, 0.25) is 0 Å². The molecule has 1 fully saturated rings. The molecule has 4 aromatic rings. The molecule has 0 bridgehead atoms. The third kappa shape index (κ3) is 4.97. The summed E-state index contributed by atoms with van der Waals surface area (Å²) in [5, 5.41) is 4.40. The zero-order valence-electron chi connectivity index (χ0n) is 18.9. The first-order valence-electron chi connectivity index (χ1n) is 11.4. The van der Waals surface area contributed by atoms with Crippen LogP contribution < -0.4 is 10.2 Å². The van der Waals surface area contributed by atoms with Gasteiger partial charge in [0, 0.05) is 68.4 Å². The van der Waals surface area contributed by atoms with E-state index in [2.05, 4.69) is 86.8 Å². The van der Waals surface area contributed by atoms with Crippen molar-refractivity contribution in [3.8, 4) is 11.1 Å². The second-order valence-corrected chi connectivity index (χ2v) is 8.30. The van der Waals surface area contributed by atoms with Crippen molar-refractivity contribution in [3.05, 3.63) is 79.0 Å². The highest BCUT2D eigenvalue weighted by Crippen LogP contribution is 2.28. The normalized spacial score (nSPS) is 14.5. The number of aromatic nitrogens is 2. The SMILES string of the molecule is COCCN1CCN(c2ccc(Nc3ncc4cccc(-c5ccccc5)c4n3)cc2)CC1. The molecule has 0 spiro atoms. The highest BCUT2D eigenvalue weighted by molar-refractivity contribution is 5.93. The Hall–Kier alpha value is -3.48. The molecule has 0 amide bonds. The number of hydrogen-bond acceptors (Lipinski definition) is 6. The minimum absolute atomic E-state index is 0.602. The predicted octanol–water partition coefficient (Wildman–Crippen LogP) is 4.81. The number of piperazine rings is 1. The Morgan fingerprint density at radius 1 is 0.879 bits per heavy atom. The van der Waals surface area contributed by atoms with Crippen LogP contribution in [0.1, 0.15) is 0 Å². The molecule has 0 unspecified atom stereocenters. The van der Waals surface area contributed by atoms with Gasteiger partial charge in [-0.2, -0.15) is 0 Å². The molecule has 6 heteroatoms. The molecule has 0 saturated carbocycles. The second kappa shape index (κ2) is 9.98. The number of para-hydroxylation sites is 1. The van der Waals surface area contributed by atoms with Crippen LogP contribution in [0.15, 0.2) is 79.0 Å². The minimum Gasteiger partial charge on any atom is -0.383 e. The van der Waals surface area contributed by atoms with Gasteiger partial charge in [0.15, 0.2) is 0 Å². The lowest BCUT2D eigenvalue weighted by Crippen LogP contribution is -2.47. The molecular weight excluding hydrogens is 410 g/mol. The number of ether oxygens (including phenoxy) is 1. The van der Waals surface area contributed by atoms with E-state index in [1.807, 2.05) is 12.3 Å². The van der Waals surface area contributed by atoms with Crippen molar-refractivity contribution in [2.75, 3.05) is 56.7 Å². The van der Waals surface area contributed by atoms with Crippen molar-refractivity contribution >= 4 is 28.2 Å². The maximum absolute atomic E-state index is 5.20. The first kappa shape index (κ1) is 21.4. The number of fused-ring (bicyclic) bond motifs is 1. The van der Waals surface area contributed by atoms with Gasteiger partial charge in [-0.25, -0.2) is 9.97 Å². The minimum atomic E-state index is 0.602. The predicted molar refractivity (Wildman–Crippen MR) is 135 cm³/mol. The molecule has 6 nitrogen and oxygen atoms in total. The number of nitrogens with one attached hydrogen (secondary N) is 1. The summed E-state index contributed by atoms with van der Waals surface area (Å²) in [5.74, 6) is 0.602. The molecule has 2 heterocycles. The van der Waals surface area contributed by atoms with Crippen LogP contribution in [0.3, 0.4) is 0 Å². The van der Waals surface area contributed by atoms with Gasteiger partial charge in [0.05, 0.1) is 12.1 Å². The van der Waals surface area contributed by atoms with Crippen molar-refractivity contribution in [2.45, 2.75) is 0 Å². The summed E-state index contributed by atoms with van der Waals surface area (Å²) in [6.45, 7) is 6.00. The highest BCUT2D eigenvalue weighted by atomic mass is 16.5. The number of nitrogens with zero attached hydrogens (tertiary/aromatic N) is 4. The molecule has 1 saturated heterocycles. The summed E-state index contributed by atoms with van der Waals surface area (Å²) in [7, 11) is 1.76. The number of rotatable bonds is 7. The van der Waals surface area contributed by atoms with Gasteiger partial charge in [-0.05, 0) is 29.8 Å². The number of hydrogen-bond donors (Lipinski definition) is 1. The number of methoxy groups -OCH3 is 1. The molecule has 1 aliphatic heterocycles. The van der Waals surface area contributed by atoms with Gasteiger partial charge in [0.25, 0.3) is 0 Å². The van der Waals surface area contributed by atoms with Gasteiger partial charge < -0.3 is 15.0 Å². The first-order chi connectivity index (χ1) is 16.3. The number of benzene rings is 3. The third-order valence-electron chi connectivity index (χ3n) is 6.17. The summed E-state index contributed by atoms with van der Waals surface area (Å²) in [4.78, 5) is 14.3. The molecule has 0 atom stereocenters. The summed E-state index contributed by atoms with van der Waals surface area (Å²) in [6, 6.07) is 25.1. The molecule has 0 aliphatic carbocycles. The molecule has 168 valence electrons. The fourth-order valence-electron chi connectivity index (χ4n) is 4.30. The molecule has 33 heavy (non-hydrogen) atoms. The van der Waals surface area contributed by atoms with Crippen LogP contribution in [-0.2, 0) is 4.74 Å². The van der Waals surface area contributed by atoms with Gasteiger partial charge in [0.1, 0.15) is 0 Å². The average molecular weight is 440 g/mol. The van der Waals surface area contributed by atoms with Crippen molar-refractivity contribution in [1.82, 2.24) is 14.9 Å². The summed E-state index contributed by atoms with van der Waals surface area (Å²) < 4.78 is 5.20. The van der Waals surface area contributed by atoms with Crippen molar-refractivity contribution < 1.29 is 4.74 Å². The Bertz CT molecular complexity index is 1190. The van der Waals surface area contributed by atoms with Crippen LogP contribution >= 0.6 is 0 Å². The zero-order valence-corrected chi connectivity index (χ0v) is 18.9. The Morgan fingerprint density at radius 3 is 2.42 bits per heavy atom. The van der Waals surface area contributed by atoms with E-state index in [1.54, 1.807) is 7.11 Å². The molecule has 1 N–H and O–H groups in total. The largest absolute Gasteiger partial charge is 0.383 e. The molecule has 5 rings (SSSR count). The summed E-state index contributed by atoms with van der Waals surface area (Å²) in [5.41, 5.74) is 5.44. The molecule has 0 radical (unpaired) electrons. The lowest BCUT2D eigenvalue weighted by atomic mass is 10.0. The topological polar surface area (TPSA) is 53.5 Å². The van der Waals surface area contributed by atoms with Crippen molar-refractivity contribution in [2.24, 2.45) is 0 Å². The van der Waals surface area contributed by atoms with Gasteiger partial charge >= 0.3 is 0 Å². The second-order valence-electron chi connectivity index (χ2n) is 8.30. The monoisotopic (exact) mass is 439 g/mol. The Labute approximate surface area is 194 Å². The van der Waals surface area contributed by atoms with Crippen LogP contribution in [0.25, 0.3) is 22.0 Å². The van der Waals surface area contributed by atoms with Gasteiger partial charge in [-0.15, -0.1) is 0 Å². The first-order valence-corrected chi connectivity index (χ1v) is 11.4. The maximum atomic E-state index is 5.20. The molecule has 1 aliphatic rings.